The number of nitrogens with one attached hydrogen (secondary N) is 1. The first kappa shape index (κ1) is 14.7. The summed E-state index contributed by atoms with van der Waals surface area (Å²) in [6.07, 6.45) is -1.10. The Kier molecular flexibility index (Phi) is 4.32. The molecule has 1 heterocycles. The van der Waals surface area contributed by atoms with E-state index >= 15 is 0 Å². The quantitative estimate of drug-likeness (QED) is 0.874. The number of rotatable bonds is 4. The molecule has 0 saturated heterocycles. The van der Waals surface area contributed by atoms with Crippen LogP contribution in [0.3, 0.4) is 0 Å². The molecule has 2 aromatic rings. The zero-order chi connectivity index (χ0) is 15.4. The van der Waals surface area contributed by atoms with Crippen LogP contribution in [0.4, 0.5) is 10.2 Å². The lowest BCUT2D eigenvalue weighted by Crippen LogP contribution is -2.30. The van der Waals surface area contributed by atoms with Gasteiger partial charge in [-0.1, -0.05) is 17.3 Å². The number of aromatic nitrogens is 1. The van der Waals surface area contributed by atoms with Crippen LogP contribution in [0.1, 0.15) is 23.0 Å². The van der Waals surface area contributed by atoms with Crippen molar-refractivity contribution in [1.82, 2.24) is 5.16 Å². The van der Waals surface area contributed by atoms with E-state index in [1.165, 1.54) is 31.2 Å². The van der Waals surface area contributed by atoms with E-state index in [0.29, 0.717) is 5.76 Å². The summed E-state index contributed by atoms with van der Waals surface area (Å²) in [5, 5.41) is 6.00. The van der Waals surface area contributed by atoms with E-state index in [-0.39, 0.29) is 11.4 Å². The van der Waals surface area contributed by atoms with Crippen molar-refractivity contribution in [3.8, 4) is 0 Å². The van der Waals surface area contributed by atoms with E-state index in [4.69, 9.17) is 9.26 Å². The highest BCUT2D eigenvalue weighted by molar-refractivity contribution is 5.96. The van der Waals surface area contributed by atoms with Gasteiger partial charge in [0.1, 0.15) is 11.6 Å². The number of esters is 1. The van der Waals surface area contributed by atoms with Crippen LogP contribution < -0.4 is 5.32 Å². The monoisotopic (exact) mass is 292 g/mol. The maximum atomic E-state index is 13.4. The Morgan fingerprint density at radius 2 is 2.10 bits per heavy atom. The summed E-state index contributed by atoms with van der Waals surface area (Å²) in [6, 6.07) is 6.89. The third kappa shape index (κ3) is 3.65. The fourth-order valence-corrected chi connectivity index (χ4v) is 1.56. The smallest absolute Gasteiger partial charge is 0.341 e. The number of hydrogen-bond donors (Lipinski definition) is 1. The molecule has 0 aliphatic carbocycles. The second kappa shape index (κ2) is 6.17. The maximum Gasteiger partial charge on any atom is 0.341 e. The largest absolute Gasteiger partial charge is 0.449 e. The number of benzene rings is 1. The molecule has 0 saturated carbocycles. The van der Waals surface area contributed by atoms with Crippen LogP contribution in [-0.2, 0) is 9.53 Å². The fourth-order valence-electron chi connectivity index (χ4n) is 1.56. The fraction of sp³-hybridized carbons (Fsp3) is 0.214. The van der Waals surface area contributed by atoms with Crippen LogP contribution in [0.2, 0.25) is 0 Å². The Bertz CT molecular complexity index is 668. The molecular formula is C14H13FN2O4. The standard InChI is InChI=1S/C14H13FN2O4/c1-8-7-12(17-21-8)16-13(18)9(2)20-14(19)10-5-3-4-6-11(10)15/h3-7,9H,1-2H3,(H,16,17,18)/t9-/m1/s1. The highest BCUT2D eigenvalue weighted by atomic mass is 19.1. The number of aryl methyl sites for hydroxylation is 1. The first-order chi connectivity index (χ1) is 9.97. The van der Waals surface area contributed by atoms with Crippen molar-refractivity contribution in [2.24, 2.45) is 0 Å². The zero-order valence-corrected chi connectivity index (χ0v) is 11.4. The van der Waals surface area contributed by atoms with Crippen LogP contribution in [0, 0.1) is 12.7 Å². The van der Waals surface area contributed by atoms with Crippen molar-refractivity contribution in [2.75, 3.05) is 5.32 Å². The number of anilines is 1. The van der Waals surface area contributed by atoms with Crippen molar-refractivity contribution >= 4 is 17.7 Å². The Balaban J connectivity index is 1.97. The van der Waals surface area contributed by atoms with Gasteiger partial charge in [0.05, 0.1) is 5.56 Å². The molecule has 0 spiro atoms. The van der Waals surface area contributed by atoms with Gasteiger partial charge in [-0.15, -0.1) is 0 Å². The number of ether oxygens (including phenoxy) is 1. The van der Waals surface area contributed by atoms with Crippen LogP contribution in [0.25, 0.3) is 0 Å². The summed E-state index contributed by atoms with van der Waals surface area (Å²) in [5.74, 6) is -1.46. The lowest BCUT2D eigenvalue weighted by Gasteiger charge is -2.12. The third-order valence-corrected chi connectivity index (χ3v) is 2.63. The lowest BCUT2D eigenvalue weighted by molar-refractivity contribution is -0.123. The molecule has 6 nitrogen and oxygen atoms in total. The molecule has 0 aliphatic heterocycles. The number of nitrogens with zero attached hydrogens (tertiary/aromatic N) is 1. The minimum atomic E-state index is -1.10. The van der Waals surface area contributed by atoms with E-state index < -0.39 is 23.8 Å². The van der Waals surface area contributed by atoms with Gasteiger partial charge < -0.3 is 14.6 Å². The van der Waals surface area contributed by atoms with Crippen molar-refractivity contribution in [2.45, 2.75) is 20.0 Å². The van der Waals surface area contributed by atoms with Gasteiger partial charge in [0.2, 0.25) is 0 Å². The molecule has 0 unspecified atom stereocenters. The molecule has 2 rings (SSSR count). The summed E-state index contributed by atoms with van der Waals surface area (Å²) >= 11 is 0. The molecule has 1 aromatic carbocycles. The summed E-state index contributed by atoms with van der Waals surface area (Å²) < 4.78 is 23.1. The van der Waals surface area contributed by atoms with Gasteiger partial charge in [-0.3, -0.25) is 4.79 Å². The van der Waals surface area contributed by atoms with Crippen molar-refractivity contribution in [1.29, 1.82) is 0 Å². The average Bonchev–Trinajstić information content (AvgIpc) is 2.84. The van der Waals surface area contributed by atoms with E-state index in [2.05, 4.69) is 10.5 Å². The molecule has 0 radical (unpaired) electrons. The minimum Gasteiger partial charge on any atom is -0.449 e. The van der Waals surface area contributed by atoms with Gasteiger partial charge in [-0.25, -0.2) is 9.18 Å². The van der Waals surface area contributed by atoms with E-state index in [1.807, 2.05) is 0 Å². The predicted molar refractivity (Wildman–Crippen MR) is 71.1 cm³/mol. The Labute approximate surface area is 119 Å². The Hall–Kier alpha value is -2.70. The first-order valence-electron chi connectivity index (χ1n) is 6.17. The SMILES string of the molecule is Cc1cc(NC(=O)[C@@H](C)OC(=O)c2ccccc2F)no1. The Morgan fingerprint density at radius 1 is 1.38 bits per heavy atom. The highest BCUT2D eigenvalue weighted by Crippen LogP contribution is 2.11. The molecule has 0 fully saturated rings. The number of carbonyl (C=O) groups excluding carboxylic acids is 2. The topological polar surface area (TPSA) is 81.4 Å². The summed E-state index contributed by atoms with van der Waals surface area (Å²) in [5.41, 5.74) is -0.227. The molecule has 0 bridgehead atoms. The Morgan fingerprint density at radius 3 is 2.71 bits per heavy atom. The van der Waals surface area contributed by atoms with Crippen LogP contribution in [-0.4, -0.2) is 23.1 Å². The van der Waals surface area contributed by atoms with Crippen LogP contribution in [0.15, 0.2) is 34.9 Å². The van der Waals surface area contributed by atoms with Gasteiger partial charge in [-0.2, -0.15) is 0 Å². The highest BCUT2D eigenvalue weighted by Gasteiger charge is 2.21. The molecule has 21 heavy (non-hydrogen) atoms. The van der Waals surface area contributed by atoms with Gasteiger partial charge in [0, 0.05) is 6.07 Å². The molecule has 1 N–H and O–H groups in total. The normalized spacial score (nSPS) is 11.8. The van der Waals surface area contributed by atoms with Crippen molar-refractivity contribution < 1.29 is 23.2 Å². The lowest BCUT2D eigenvalue weighted by atomic mass is 10.2. The predicted octanol–water partition coefficient (Wildman–Crippen LogP) is 2.31. The van der Waals surface area contributed by atoms with Gasteiger partial charge in [-0.05, 0) is 26.0 Å². The number of halogens is 1. The number of amides is 1. The minimum absolute atomic E-state index is 0.214. The molecule has 0 aliphatic rings. The maximum absolute atomic E-state index is 13.4. The molecule has 1 atom stereocenters. The molecule has 7 heteroatoms. The van der Waals surface area contributed by atoms with Crippen LogP contribution in [0.5, 0.6) is 0 Å². The molecule has 110 valence electrons. The summed E-state index contributed by atoms with van der Waals surface area (Å²) in [6.45, 7) is 3.05. The van der Waals surface area contributed by atoms with E-state index in [0.717, 1.165) is 6.07 Å². The van der Waals surface area contributed by atoms with Crippen LogP contribution >= 0.6 is 0 Å². The van der Waals surface area contributed by atoms with Gasteiger partial charge >= 0.3 is 5.97 Å². The first-order valence-corrected chi connectivity index (χ1v) is 6.17. The zero-order valence-electron chi connectivity index (χ0n) is 11.4. The summed E-state index contributed by atoms with van der Waals surface area (Å²) in [7, 11) is 0. The second-order valence-corrected chi connectivity index (χ2v) is 4.34. The number of hydrogen-bond acceptors (Lipinski definition) is 5. The number of carbonyl (C=O) groups is 2. The molecule has 1 amide bonds. The second-order valence-electron chi connectivity index (χ2n) is 4.34. The molecular weight excluding hydrogens is 279 g/mol. The van der Waals surface area contributed by atoms with E-state index in [1.54, 1.807) is 6.92 Å². The van der Waals surface area contributed by atoms with Gasteiger partial charge in [0.15, 0.2) is 11.9 Å². The van der Waals surface area contributed by atoms with E-state index in [9.17, 15) is 14.0 Å². The third-order valence-electron chi connectivity index (χ3n) is 2.63. The summed E-state index contributed by atoms with van der Waals surface area (Å²) in [4.78, 5) is 23.6. The van der Waals surface area contributed by atoms with Crippen molar-refractivity contribution in [3.63, 3.8) is 0 Å². The molecule has 1 aromatic heterocycles. The van der Waals surface area contributed by atoms with Crippen molar-refractivity contribution in [3.05, 3.63) is 47.5 Å². The van der Waals surface area contributed by atoms with Gasteiger partial charge in [0.25, 0.3) is 5.91 Å². The average molecular weight is 292 g/mol.